The monoisotopic (exact) mass is 203 g/mol. The first kappa shape index (κ1) is 10.2. The van der Waals surface area contributed by atoms with Crippen LogP contribution in [0, 0.1) is 5.92 Å². The van der Waals surface area contributed by atoms with Crippen molar-refractivity contribution in [1.29, 1.82) is 0 Å². The van der Waals surface area contributed by atoms with Crippen LogP contribution in [0.1, 0.15) is 25.3 Å². The van der Waals surface area contributed by atoms with E-state index in [2.05, 4.69) is 31.2 Å². The standard InChI is InChI=1S/C13H17NO/c1-10-8-14(11(2)15)9-13(10)12-6-4-3-5-7-12/h3-7,10,13H,8-9H2,1-2H3. The van der Waals surface area contributed by atoms with E-state index in [4.69, 9.17) is 0 Å². The molecular weight excluding hydrogens is 186 g/mol. The third-order valence-corrected chi connectivity index (χ3v) is 3.29. The number of hydrogen-bond acceptors (Lipinski definition) is 1. The van der Waals surface area contributed by atoms with Gasteiger partial charge in [-0.15, -0.1) is 0 Å². The molecule has 0 aliphatic carbocycles. The van der Waals surface area contributed by atoms with Gasteiger partial charge in [-0.2, -0.15) is 0 Å². The first-order valence-electron chi connectivity index (χ1n) is 5.49. The van der Waals surface area contributed by atoms with Crippen molar-refractivity contribution in [3.63, 3.8) is 0 Å². The van der Waals surface area contributed by atoms with Crippen LogP contribution in [0.3, 0.4) is 0 Å². The minimum atomic E-state index is 0.195. The maximum Gasteiger partial charge on any atom is 0.219 e. The topological polar surface area (TPSA) is 20.3 Å². The zero-order valence-electron chi connectivity index (χ0n) is 9.31. The Bertz CT molecular complexity index is 347. The molecule has 1 aromatic rings. The Morgan fingerprint density at radius 3 is 2.47 bits per heavy atom. The van der Waals surface area contributed by atoms with E-state index in [1.807, 2.05) is 11.0 Å². The van der Waals surface area contributed by atoms with Gasteiger partial charge >= 0.3 is 0 Å². The van der Waals surface area contributed by atoms with Crippen LogP contribution in [0.5, 0.6) is 0 Å². The van der Waals surface area contributed by atoms with Crippen molar-refractivity contribution in [3.8, 4) is 0 Å². The van der Waals surface area contributed by atoms with E-state index in [-0.39, 0.29) is 5.91 Å². The maximum atomic E-state index is 11.3. The molecule has 1 saturated heterocycles. The van der Waals surface area contributed by atoms with E-state index in [0.717, 1.165) is 13.1 Å². The van der Waals surface area contributed by atoms with Crippen LogP contribution in [0.25, 0.3) is 0 Å². The summed E-state index contributed by atoms with van der Waals surface area (Å²) in [4.78, 5) is 13.2. The third-order valence-electron chi connectivity index (χ3n) is 3.29. The predicted molar refractivity (Wildman–Crippen MR) is 60.6 cm³/mol. The molecule has 0 aromatic heterocycles. The molecule has 1 aliphatic rings. The Morgan fingerprint density at radius 1 is 1.27 bits per heavy atom. The van der Waals surface area contributed by atoms with Crippen molar-refractivity contribution in [1.82, 2.24) is 4.90 Å². The van der Waals surface area contributed by atoms with Gasteiger partial charge in [0.15, 0.2) is 0 Å². The van der Waals surface area contributed by atoms with E-state index >= 15 is 0 Å². The van der Waals surface area contributed by atoms with Gasteiger partial charge in [0, 0.05) is 25.9 Å². The van der Waals surface area contributed by atoms with Crippen LogP contribution in [-0.2, 0) is 4.79 Å². The van der Waals surface area contributed by atoms with Crippen molar-refractivity contribution in [2.45, 2.75) is 19.8 Å². The summed E-state index contributed by atoms with van der Waals surface area (Å²) in [7, 11) is 0. The molecule has 15 heavy (non-hydrogen) atoms. The van der Waals surface area contributed by atoms with Crippen molar-refractivity contribution in [3.05, 3.63) is 35.9 Å². The van der Waals surface area contributed by atoms with E-state index in [0.29, 0.717) is 11.8 Å². The first-order valence-corrected chi connectivity index (χ1v) is 5.49. The summed E-state index contributed by atoms with van der Waals surface area (Å²) in [5.41, 5.74) is 1.36. The van der Waals surface area contributed by atoms with Gasteiger partial charge in [-0.25, -0.2) is 0 Å². The summed E-state index contributed by atoms with van der Waals surface area (Å²) in [6.45, 7) is 5.65. The van der Waals surface area contributed by atoms with Gasteiger partial charge in [0.05, 0.1) is 0 Å². The summed E-state index contributed by atoms with van der Waals surface area (Å²) in [5, 5.41) is 0. The second-order valence-electron chi connectivity index (χ2n) is 4.42. The zero-order chi connectivity index (χ0) is 10.8. The molecule has 1 fully saturated rings. The van der Waals surface area contributed by atoms with E-state index in [1.165, 1.54) is 5.56 Å². The maximum absolute atomic E-state index is 11.3. The van der Waals surface area contributed by atoms with E-state index < -0.39 is 0 Å². The Hall–Kier alpha value is -1.31. The number of carbonyl (C=O) groups is 1. The smallest absolute Gasteiger partial charge is 0.219 e. The molecule has 1 heterocycles. The number of benzene rings is 1. The summed E-state index contributed by atoms with van der Waals surface area (Å²) < 4.78 is 0. The quantitative estimate of drug-likeness (QED) is 0.685. The van der Waals surface area contributed by atoms with Crippen molar-refractivity contribution in [2.75, 3.05) is 13.1 Å². The van der Waals surface area contributed by atoms with Gasteiger partial charge in [-0.1, -0.05) is 37.3 Å². The molecule has 0 radical (unpaired) electrons. The lowest BCUT2D eigenvalue weighted by Crippen LogP contribution is -2.25. The van der Waals surface area contributed by atoms with Crippen LogP contribution in [0.15, 0.2) is 30.3 Å². The fraction of sp³-hybridized carbons (Fsp3) is 0.462. The fourth-order valence-electron chi connectivity index (χ4n) is 2.36. The molecule has 1 aromatic carbocycles. The molecule has 2 atom stereocenters. The van der Waals surface area contributed by atoms with Gasteiger partial charge in [-0.05, 0) is 11.5 Å². The number of rotatable bonds is 1. The molecule has 0 bridgehead atoms. The molecule has 2 nitrogen and oxygen atoms in total. The minimum absolute atomic E-state index is 0.195. The summed E-state index contributed by atoms with van der Waals surface area (Å²) in [6, 6.07) is 10.5. The Labute approximate surface area is 90.9 Å². The average Bonchev–Trinajstić information content (AvgIpc) is 2.62. The molecular formula is C13H17NO. The Kier molecular flexibility index (Phi) is 2.76. The van der Waals surface area contributed by atoms with Crippen LogP contribution < -0.4 is 0 Å². The summed E-state index contributed by atoms with van der Waals surface area (Å²) in [5.74, 6) is 1.27. The van der Waals surface area contributed by atoms with Crippen molar-refractivity contribution >= 4 is 5.91 Å². The number of nitrogens with zero attached hydrogens (tertiary/aromatic N) is 1. The lowest BCUT2D eigenvalue weighted by Gasteiger charge is -2.14. The number of hydrogen-bond donors (Lipinski definition) is 0. The Morgan fingerprint density at radius 2 is 1.93 bits per heavy atom. The van der Waals surface area contributed by atoms with Crippen LogP contribution in [0.2, 0.25) is 0 Å². The second kappa shape index (κ2) is 4.05. The molecule has 0 saturated carbocycles. The van der Waals surface area contributed by atoms with Gasteiger partial charge < -0.3 is 4.90 Å². The molecule has 2 rings (SSSR count). The van der Waals surface area contributed by atoms with Crippen LogP contribution in [0.4, 0.5) is 0 Å². The molecule has 1 amide bonds. The largest absolute Gasteiger partial charge is 0.342 e. The SMILES string of the molecule is CC(=O)N1CC(C)C(c2ccccc2)C1. The van der Waals surface area contributed by atoms with Crippen LogP contribution in [-0.4, -0.2) is 23.9 Å². The average molecular weight is 203 g/mol. The molecule has 2 heteroatoms. The van der Waals surface area contributed by atoms with Gasteiger partial charge in [0.2, 0.25) is 5.91 Å². The van der Waals surface area contributed by atoms with E-state index in [9.17, 15) is 4.79 Å². The molecule has 2 unspecified atom stereocenters. The highest BCUT2D eigenvalue weighted by Gasteiger charge is 2.31. The molecule has 0 N–H and O–H groups in total. The lowest BCUT2D eigenvalue weighted by atomic mass is 9.90. The molecule has 0 spiro atoms. The zero-order valence-corrected chi connectivity index (χ0v) is 9.31. The first-order chi connectivity index (χ1) is 7.18. The highest BCUT2D eigenvalue weighted by atomic mass is 16.2. The fourth-order valence-corrected chi connectivity index (χ4v) is 2.36. The normalized spacial score (nSPS) is 25.6. The highest BCUT2D eigenvalue weighted by Crippen LogP contribution is 2.31. The third kappa shape index (κ3) is 2.04. The number of carbonyl (C=O) groups excluding carboxylic acids is 1. The predicted octanol–water partition coefficient (Wildman–Crippen LogP) is 2.27. The summed E-state index contributed by atoms with van der Waals surface area (Å²) in [6.07, 6.45) is 0. The van der Waals surface area contributed by atoms with Crippen LogP contribution >= 0.6 is 0 Å². The van der Waals surface area contributed by atoms with Gasteiger partial charge in [0.1, 0.15) is 0 Å². The lowest BCUT2D eigenvalue weighted by molar-refractivity contribution is -0.127. The van der Waals surface area contributed by atoms with Crippen molar-refractivity contribution < 1.29 is 4.79 Å². The Balaban J connectivity index is 2.15. The second-order valence-corrected chi connectivity index (χ2v) is 4.42. The van der Waals surface area contributed by atoms with Gasteiger partial charge in [-0.3, -0.25) is 4.79 Å². The van der Waals surface area contributed by atoms with Crippen molar-refractivity contribution in [2.24, 2.45) is 5.92 Å². The summed E-state index contributed by atoms with van der Waals surface area (Å²) >= 11 is 0. The minimum Gasteiger partial charge on any atom is -0.342 e. The van der Waals surface area contributed by atoms with E-state index in [1.54, 1.807) is 6.92 Å². The van der Waals surface area contributed by atoms with Gasteiger partial charge in [0.25, 0.3) is 0 Å². The molecule has 80 valence electrons. The molecule has 1 aliphatic heterocycles. The number of likely N-dealkylation sites (tertiary alicyclic amines) is 1. The highest BCUT2D eigenvalue weighted by molar-refractivity contribution is 5.73. The number of amides is 1.